The van der Waals surface area contributed by atoms with Crippen molar-refractivity contribution < 1.29 is 9.53 Å². The highest BCUT2D eigenvalue weighted by atomic mass is 35.5. The lowest BCUT2D eigenvalue weighted by Gasteiger charge is -2.12. The van der Waals surface area contributed by atoms with Crippen molar-refractivity contribution in [3.05, 3.63) is 58.4 Å². The third kappa shape index (κ3) is 3.27. The molecule has 20 heavy (non-hydrogen) atoms. The SMILES string of the molecule is COc1c(C)cc(Cl)cc1CNC(=O)c1ccccn1. The monoisotopic (exact) mass is 290 g/mol. The molecule has 0 atom stereocenters. The molecular weight excluding hydrogens is 276 g/mol. The van der Waals surface area contributed by atoms with E-state index in [1.165, 1.54) is 0 Å². The number of hydrogen-bond acceptors (Lipinski definition) is 3. The Labute approximate surface area is 122 Å². The Morgan fingerprint density at radius 1 is 1.40 bits per heavy atom. The molecule has 0 aliphatic heterocycles. The average Bonchev–Trinajstić information content (AvgIpc) is 2.45. The summed E-state index contributed by atoms with van der Waals surface area (Å²) in [4.78, 5) is 15.9. The van der Waals surface area contributed by atoms with Crippen LogP contribution in [0.3, 0.4) is 0 Å². The minimum atomic E-state index is -0.231. The number of aromatic nitrogens is 1. The van der Waals surface area contributed by atoms with Gasteiger partial charge in [0.2, 0.25) is 0 Å². The topological polar surface area (TPSA) is 51.2 Å². The number of nitrogens with one attached hydrogen (secondary N) is 1. The number of halogens is 1. The first-order chi connectivity index (χ1) is 9.61. The molecule has 1 aromatic carbocycles. The van der Waals surface area contributed by atoms with E-state index in [2.05, 4.69) is 10.3 Å². The molecule has 1 aromatic heterocycles. The van der Waals surface area contributed by atoms with Crippen molar-refractivity contribution in [3.63, 3.8) is 0 Å². The summed E-state index contributed by atoms with van der Waals surface area (Å²) < 4.78 is 5.34. The van der Waals surface area contributed by atoms with Crippen LogP contribution in [-0.4, -0.2) is 18.0 Å². The van der Waals surface area contributed by atoms with Crippen LogP contribution in [0.25, 0.3) is 0 Å². The van der Waals surface area contributed by atoms with Crippen molar-refractivity contribution in [2.24, 2.45) is 0 Å². The van der Waals surface area contributed by atoms with E-state index in [1.807, 2.05) is 13.0 Å². The maximum atomic E-state index is 11.9. The van der Waals surface area contributed by atoms with Gasteiger partial charge in [0.15, 0.2) is 0 Å². The number of aryl methyl sites for hydroxylation is 1. The Hall–Kier alpha value is -2.07. The van der Waals surface area contributed by atoms with E-state index in [4.69, 9.17) is 16.3 Å². The van der Waals surface area contributed by atoms with Crippen LogP contribution in [0, 0.1) is 6.92 Å². The second-order valence-electron chi connectivity index (χ2n) is 4.31. The predicted molar refractivity (Wildman–Crippen MR) is 78.1 cm³/mol. The minimum absolute atomic E-state index is 0.231. The van der Waals surface area contributed by atoms with E-state index in [0.29, 0.717) is 17.3 Å². The molecule has 0 spiro atoms. The molecule has 0 fully saturated rings. The quantitative estimate of drug-likeness (QED) is 0.942. The molecule has 2 rings (SSSR count). The van der Waals surface area contributed by atoms with Crippen LogP contribution in [0.5, 0.6) is 5.75 Å². The molecule has 5 heteroatoms. The third-order valence-electron chi connectivity index (χ3n) is 2.86. The number of ether oxygens (including phenoxy) is 1. The third-order valence-corrected chi connectivity index (χ3v) is 3.08. The lowest BCUT2D eigenvalue weighted by Crippen LogP contribution is -2.24. The van der Waals surface area contributed by atoms with Gasteiger partial charge in [-0.25, -0.2) is 0 Å². The zero-order valence-corrected chi connectivity index (χ0v) is 12.1. The molecule has 0 bridgehead atoms. The molecule has 0 saturated heterocycles. The molecule has 2 aromatic rings. The molecule has 4 nitrogen and oxygen atoms in total. The molecule has 0 saturated carbocycles. The van der Waals surface area contributed by atoms with Gasteiger partial charge in [0.25, 0.3) is 5.91 Å². The van der Waals surface area contributed by atoms with Crippen LogP contribution in [0.2, 0.25) is 5.02 Å². The maximum absolute atomic E-state index is 11.9. The first-order valence-corrected chi connectivity index (χ1v) is 6.52. The van der Waals surface area contributed by atoms with Crippen LogP contribution in [-0.2, 0) is 6.54 Å². The smallest absolute Gasteiger partial charge is 0.270 e. The van der Waals surface area contributed by atoms with E-state index >= 15 is 0 Å². The Balaban J connectivity index is 2.13. The van der Waals surface area contributed by atoms with Gasteiger partial charge in [0, 0.05) is 23.3 Å². The van der Waals surface area contributed by atoms with E-state index < -0.39 is 0 Å². The molecule has 0 radical (unpaired) electrons. The summed E-state index contributed by atoms with van der Waals surface area (Å²) in [6, 6.07) is 8.80. The number of carbonyl (C=O) groups excluding carboxylic acids is 1. The van der Waals surface area contributed by atoms with Crippen molar-refractivity contribution in [3.8, 4) is 5.75 Å². The van der Waals surface area contributed by atoms with Gasteiger partial charge in [-0.1, -0.05) is 17.7 Å². The number of methoxy groups -OCH3 is 1. The van der Waals surface area contributed by atoms with Gasteiger partial charge in [-0.3, -0.25) is 9.78 Å². The summed E-state index contributed by atoms with van der Waals surface area (Å²) in [5.41, 5.74) is 2.15. The van der Waals surface area contributed by atoms with Crippen LogP contribution in [0.4, 0.5) is 0 Å². The van der Waals surface area contributed by atoms with Crippen LogP contribution >= 0.6 is 11.6 Å². The van der Waals surface area contributed by atoms with Crippen LogP contribution in [0.15, 0.2) is 36.5 Å². The van der Waals surface area contributed by atoms with Gasteiger partial charge in [-0.2, -0.15) is 0 Å². The van der Waals surface area contributed by atoms with Gasteiger partial charge < -0.3 is 10.1 Å². The molecule has 104 valence electrons. The number of rotatable bonds is 4. The molecule has 1 amide bonds. The Bertz CT molecular complexity index is 615. The Morgan fingerprint density at radius 2 is 2.20 bits per heavy atom. The minimum Gasteiger partial charge on any atom is -0.496 e. The van der Waals surface area contributed by atoms with Crippen molar-refractivity contribution in [2.45, 2.75) is 13.5 Å². The van der Waals surface area contributed by atoms with Crippen molar-refractivity contribution in [1.82, 2.24) is 10.3 Å². The standard InChI is InChI=1S/C15H15ClN2O2/c1-10-7-12(16)8-11(14(10)20-2)9-18-15(19)13-5-3-4-6-17-13/h3-8H,9H2,1-2H3,(H,18,19). The van der Waals surface area contributed by atoms with Gasteiger partial charge in [-0.15, -0.1) is 0 Å². The predicted octanol–water partition coefficient (Wildman–Crippen LogP) is 2.98. The number of amides is 1. The average molecular weight is 291 g/mol. The fourth-order valence-corrected chi connectivity index (χ4v) is 2.28. The molecule has 0 aliphatic rings. The van der Waals surface area contributed by atoms with Crippen molar-refractivity contribution in [2.75, 3.05) is 7.11 Å². The molecule has 0 aliphatic carbocycles. The molecule has 0 unspecified atom stereocenters. The number of hydrogen-bond donors (Lipinski definition) is 1. The largest absolute Gasteiger partial charge is 0.496 e. The van der Waals surface area contributed by atoms with E-state index in [9.17, 15) is 4.79 Å². The fraction of sp³-hybridized carbons (Fsp3) is 0.200. The number of benzene rings is 1. The van der Waals surface area contributed by atoms with Crippen LogP contribution in [0.1, 0.15) is 21.6 Å². The highest BCUT2D eigenvalue weighted by Crippen LogP contribution is 2.27. The van der Waals surface area contributed by atoms with E-state index in [0.717, 1.165) is 16.9 Å². The Kier molecular flexibility index (Phi) is 4.58. The summed E-state index contributed by atoms with van der Waals surface area (Å²) in [6.45, 7) is 2.24. The highest BCUT2D eigenvalue weighted by Gasteiger charge is 2.11. The van der Waals surface area contributed by atoms with E-state index in [1.54, 1.807) is 37.6 Å². The van der Waals surface area contributed by atoms with Crippen molar-refractivity contribution in [1.29, 1.82) is 0 Å². The summed E-state index contributed by atoms with van der Waals surface area (Å²) in [6.07, 6.45) is 1.58. The van der Waals surface area contributed by atoms with Gasteiger partial charge >= 0.3 is 0 Å². The van der Waals surface area contributed by atoms with E-state index in [-0.39, 0.29) is 5.91 Å². The summed E-state index contributed by atoms with van der Waals surface area (Å²) >= 11 is 6.03. The van der Waals surface area contributed by atoms with Gasteiger partial charge in [0.1, 0.15) is 11.4 Å². The highest BCUT2D eigenvalue weighted by molar-refractivity contribution is 6.30. The summed E-state index contributed by atoms with van der Waals surface area (Å²) in [5.74, 6) is 0.501. The second-order valence-corrected chi connectivity index (χ2v) is 4.75. The normalized spacial score (nSPS) is 10.2. The Morgan fingerprint density at radius 3 is 2.85 bits per heavy atom. The second kappa shape index (κ2) is 6.39. The maximum Gasteiger partial charge on any atom is 0.270 e. The van der Waals surface area contributed by atoms with Gasteiger partial charge in [-0.05, 0) is 36.8 Å². The summed E-state index contributed by atoms with van der Waals surface area (Å²) in [7, 11) is 1.60. The zero-order chi connectivity index (χ0) is 14.5. The molecular formula is C15H15ClN2O2. The number of carbonyl (C=O) groups is 1. The fourth-order valence-electron chi connectivity index (χ4n) is 1.99. The molecule has 1 heterocycles. The molecule has 1 N–H and O–H groups in total. The lowest BCUT2D eigenvalue weighted by molar-refractivity contribution is 0.0945. The zero-order valence-electron chi connectivity index (χ0n) is 11.3. The number of nitrogens with zero attached hydrogens (tertiary/aromatic N) is 1. The van der Waals surface area contributed by atoms with Crippen molar-refractivity contribution >= 4 is 17.5 Å². The first kappa shape index (κ1) is 14.3. The summed E-state index contributed by atoms with van der Waals surface area (Å²) in [5, 5.41) is 3.42. The van der Waals surface area contributed by atoms with Gasteiger partial charge in [0.05, 0.1) is 7.11 Å². The lowest BCUT2D eigenvalue weighted by atomic mass is 10.1. The number of pyridine rings is 1. The first-order valence-electron chi connectivity index (χ1n) is 6.14. The van der Waals surface area contributed by atoms with Crippen LogP contribution < -0.4 is 10.1 Å².